The molecule has 0 spiro atoms. The highest BCUT2D eigenvalue weighted by Gasteiger charge is 2.17. The molecule has 2 atom stereocenters. The molecule has 2 unspecified atom stereocenters. The Kier molecular flexibility index (Phi) is 2.82. The van der Waals surface area contributed by atoms with Crippen molar-refractivity contribution in [2.45, 2.75) is 25.4 Å². The van der Waals surface area contributed by atoms with Crippen LogP contribution in [0.15, 0.2) is 24.3 Å². The standard InChI is InChI=1S/C12H16FN/c1-9(13)10-3-2-4-11(7-10)12-5-6-14-8-12/h2-4,7,9,12,14H,5-6,8H2,1H3. The molecule has 0 amide bonds. The minimum atomic E-state index is -0.857. The van der Waals surface area contributed by atoms with Crippen LogP contribution in [0.1, 0.15) is 36.6 Å². The fourth-order valence-corrected chi connectivity index (χ4v) is 2.00. The van der Waals surface area contributed by atoms with E-state index in [1.54, 1.807) is 6.92 Å². The molecule has 1 aliphatic heterocycles. The van der Waals surface area contributed by atoms with Gasteiger partial charge >= 0.3 is 0 Å². The fourth-order valence-electron chi connectivity index (χ4n) is 2.00. The van der Waals surface area contributed by atoms with Gasteiger partial charge in [-0.15, -0.1) is 0 Å². The van der Waals surface area contributed by atoms with Crippen molar-refractivity contribution in [1.29, 1.82) is 0 Å². The first-order chi connectivity index (χ1) is 6.77. The Morgan fingerprint density at radius 3 is 3.00 bits per heavy atom. The molecule has 1 heterocycles. The Hall–Kier alpha value is -0.890. The van der Waals surface area contributed by atoms with Crippen molar-refractivity contribution in [2.24, 2.45) is 0 Å². The van der Waals surface area contributed by atoms with Crippen LogP contribution in [-0.2, 0) is 0 Å². The van der Waals surface area contributed by atoms with E-state index in [9.17, 15) is 4.39 Å². The van der Waals surface area contributed by atoms with E-state index < -0.39 is 6.17 Å². The third-order valence-electron chi connectivity index (χ3n) is 2.90. The maximum atomic E-state index is 13.1. The molecule has 0 aromatic heterocycles. The van der Waals surface area contributed by atoms with Crippen molar-refractivity contribution >= 4 is 0 Å². The molecule has 1 aliphatic rings. The lowest BCUT2D eigenvalue weighted by Gasteiger charge is -2.11. The molecule has 0 radical (unpaired) electrons. The first-order valence-electron chi connectivity index (χ1n) is 5.22. The summed E-state index contributed by atoms with van der Waals surface area (Å²) in [5.41, 5.74) is 2.08. The van der Waals surface area contributed by atoms with Gasteiger partial charge in [-0.25, -0.2) is 4.39 Å². The van der Waals surface area contributed by atoms with Gasteiger partial charge in [0.15, 0.2) is 0 Å². The van der Waals surface area contributed by atoms with Crippen LogP contribution in [0, 0.1) is 0 Å². The Bertz CT molecular complexity index is 303. The van der Waals surface area contributed by atoms with Crippen LogP contribution >= 0.6 is 0 Å². The zero-order valence-electron chi connectivity index (χ0n) is 8.46. The first kappa shape index (κ1) is 9.66. The van der Waals surface area contributed by atoms with E-state index in [1.807, 2.05) is 18.2 Å². The van der Waals surface area contributed by atoms with Crippen LogP contribution < -0.4 is 5.32 Å². The van der Waals surface area contributed by atoms with Gasteiger partial charge in [-0.3, -0.25) is 0 Å². The molecule has 1 aromatic carbocycles. The van der Waals surface area contributed by atoms with Gasteiger partial charge < -0.3 is 5.32 Å². The van der Waals surface area contributed by atoms with Crippen LogP contribution in [0.2, 0.25) is 0 Å². The van der Waals surface area contributed by atoms with E-state index in [-0.39, 0.29) is 0 Å². The lowest BCUT2D eigenvalue weighted by molar-refractivity contribution is 0.374. The van der Waals surface area contributed by atoms with E-state index in [4.69, 9.17) is 0 Å². The number of hydrogen-bond donors (Lipinski definition) is 1. The minimum Gasteiger partial charge on any atom is -0.316 e. The van der Waals surface area contributed by atoms with E-state index in [1.165, 1.54) is 12.0 Å². The van der Waals surface area contributed by atoms with Gasteiger partial charge in [0.2, 0.25) is 0 Å². The largest absolute Gasteiger partial charge is 0.316 e. The van der Waals surface area contributed by atoms with Gasteiger partial charge in [0.1, 0.15) is 6.17 Å². The predicted molar refractivity (Wildman–Crippen MR) is 56.2 cm³/mol. The second-order valence-corrected chi connectivity index (χ2v) is 3.98. The number of benzene rings is 1. The van der Waals surface area contributed by atoms with Crippen molar-refractivity contribution in [3.63, 3.8) is 0 Å². The summed E-state index contributed by atoms with van der Waals surface area (Å²) in [5.74, 6) is 0.577. The molecule has 2 rings (SSSR count). The Balaban J connectivity index is 2.21. The molecule has 1 nitrogen and oxygen atoms in total. The summed E-state index contributed by atoms with van der Waals surface area (Å²) in [6.07, 6.45) is 0.314. The zero-order chi connectivity index (χ0) is 9.97. The SMILES string of the molecule is CC(F)c1cccc(C2CCNC2)c1. The summed E-state index contributed by atoms with van der Waals surface area (Å²) in [7, 11) is 0. The topological polar surface area (TPSA) is 12.0 Å². The number of hydrogen-bond acceptors (Lipinski definition) is 1. The highest BCUT2D eigenvalue weighted by molar-refractivity contribution is 5.28. The Morgan fingerprint density at radius 1 is 1.50 bits per heavy atom. The van der Waals surface area contributed by atoms with E-state index in [2.05, 4.69) is 11.4 Å². The van der Waals surface area contributed by atoms with Gasteiger partial charge in [0.05, 0.1) is 0 Å². The van der Waals surface area contributed by atoms with Crippen LogP contribution in [0.5, 0.6) is 0 Å². The lowest BCUT2D eigenvalue weighted by atomic mass is 9.96. The van der Waals surface area contributed by atoms with Crippen LogP contribution in [0.25, 0.3) is 0 Å². The molecular weight excluding hydrogens is 177 g/mol. The van der Waals surface area contributed by atoms with Crippen molar-refractivity contribution in [1.82, 2.24) is 5.32 Å². The average molecular weight is 193 g/mol. The summed E-state index contributed by atoms with van der Waals surface area (Å²) < 4.78 is 13.1. The van der Waals surface area contributed by atoms with E-state index in [0.29, 0.717) is 5.92 Å². The fraction of sp³-hybridized carbons (Fsp3) is 0.500. The molecule has 1 N–H and O–H groups in total. The van der Waals surface area contributed by atoms with Crippen LogP contribution in [0.3, 0.4) is 0 Å². The average Bonchev–Trinajstić information content (AvgIpc) is 2.71. The molecule has 0 saturated carbocycles. The molecule has 1 saturated heterocycles. The second-order valence-electron chi connectivity index (χ2n) is 3.98. The summed E-state index contributed by atoms with van der Waals surface area (Å²) >= 11 is 0. The third kappa shape index (κ3) is 1.95. The molecule has 1 fully saturated rings. The summed E-state index contributed by atoms with van der Waals surface area (Å²) in [6, 6.07) is 7.92. The smallest absolute Gasteiger partial charge is 0.122 e. The predicted octanol–water partition coefficient (Wildman–Crippen LogP) is 2.79. The number of rotatable bonds is 2. The molecular formula is C12H16FN. The maximum absolute atomic E-state index is 13.1. The molecule has 76 valence electrons. The molecule has 14 heavy (non-hydrogen) atoms. The van der Waals surface area contributed by atoms with Crippen molar-refractivity contribution in [3.8, 4) is 0 Å². The van der Waals surface area contributed by atoms with E-state index >= 15 is 0 Å². The number of halogens is 1. The number of alkyl halides is 1. The highest BCUT2D eigenvalue weighted by Crippen LogP contribution is 2.25. The minimum absolute atomic E-state index is 0.577. The summed E-state index contributed by atoms with van der Waals surface area (Å²) in [5, 5.41) is 3.33. The zero-order valence-corrected chi connectivity index (χ0v) is 8.46. The number of nitrogens with one attached hydrogen (secondary N) is 1. The van der Waals surface area contributed by atoms with Crippen molar-refractivity contribution in [3.05, 3.63) is 35.4 Å². The second kappa shape index (κ2) is 4.09. The Labute approximate surface area is 84.3 Å². The van der Waals surface area contributed by atoms with Crippen LogP contribution in [0.4, 0.5) is 4.39 Å². The quantitative estimate of drug-likeness (QED) is 0.761. The van der Waals surface area contributed by atoms with Gasteiger partial charge in [-0.1, -0.05) is 24.3 Å². The summed E-state index contributed by atoms with van der Waals surface area (Å²) in [4.78, 5) is 0. The molecule has 0 aliphatic carbocycles. The van der Waals surface area contributed by atoms with Gasteiger partial charge in [-0.2, -0.15) is 0 Å². The molecule has 1 aromatic rings. The van der Waals surface area contributed by atoms with Gasteiger partial charge in [-0.05, 0) is 36.9 Å². The van der Waals surface area contributed by atoms with Crippen molar-refractivity contribution < 1.29 is 4.39 Å². The first-order valence-corrected chi connectivity index (χ1v) is 5.22. The van der Waals surface area contributed by atoms with E-state index in [0.717, 1.165) is 18.7 Å². The van der Waals surface area contributed by atoms with Crippen LogP contribution in [-0.4, -0.2) is 13.1 Å². The highest BCUT2D eigenvalue weighted by atomic mass is 19.1. The van der Waals surface area contributed by atoms with Gasteiger partial charge in [0.25, 0.3) is 0 Å². The lowest BCUT2D eigenvalue weighted by Crippen LogP contribution is -2.08. The maximum Gasteiger partial charge on any atom is 0.122 e. The van der Waals surface area contributed by atoms with Crippen molar-refractivity contribution in [2.75, 3.05) is 13.1 Å². The third-order valence-corrected chi connectivity index (χ3v) is 2.90. The van der Waals surface area contributed by atoms with Gasteiger partial charge in [0, 0.05) is 6.54 Å². The molecule has 2 heteroatoms. The molecule has 0 bridgehead atoms. The Morgan fingerprint density at radius 2 is 2.36 bits per heavy atom. The summed E-state index contributed by atoms with van der Waals surface area (Å²) in [6.45, 7) is 3.70. The monoisotopic (exact) mass is 193 g/mol. The normalized spacial score (nSPS) is 23.7.